The number of amides is 1. The van der Waals surface area contributed by atoms with Gasteiger partial charge in [0.15, 0.2) is 11.5 Å². The second-order valence-electron chi connectivity index (χ2n) is 6.73. The Hall–Kier alpha value is -2.74. The van der Waals surface area contributed by atoms with Crippen LogP contribution in [0.15, 0.2) is 36.4 Å². The van der Waals surface area contributed by atoms with Crippen molar-refractivity contribution >= 4 is 27.3 Å². The normalized spacial score (nSPS) is 15.7. The summed E-state index contributed by atoms with van der Waals surface area (Å²) in [5.41, 5.74) is 2.65. The van der Waals surface area contributed by atoms with E-state index in [0.717, 1.165) is 18.4 Å². The van der Waals surface area contributed by atoms with Crippen molar-refractivity contribution in [2.75, 3.05) is 35.1 Å². The Bertz CT molecular complexity index is 1020. The molecule has 0 aliphatic carbocycles. The van der Waals surface area contributed by atoms with Crippen LogP contribution in [0.3, 0.4) is 0 Å². The van der Waals surface area contributed by atoms with Gasteiger partial charge in [-0.05, 0) is 55.7 Å². The maximum absolute atomic E-state index is 12.7. The SMILES string of the molecule is CCS(=O)(=O)N1CCCc2cc(C(=O)Nc3ccc4c(c3)OCCO4)ccc21. The fourth-order valence-electron chi connectivity index (χ4n) is 3.47. The molecule has 7 nitrogen and oxygen atoms in total. The van der Waals surface area contributed by atoms with Crippen molar-refractivity contribution in [2.45, 2.75) is 19.8 Å². The summed E-state index contributed by atoms with van der Waals surface area (Å²) >= 11 is 0. The Balaban J connectivity index is 1.56. The fourth-order valence-corrected chi connectivity index (χ4v) is 4.67. The molecule has 1 amide bonds. The predicted octanol–water partition coefficient (Wildman–Crippen LogP) is 2.81. The average molecular weight is 402 g/mol. The molecular weight excluding hydrogens is 380 g/mol. The van der Waals surface area contributed by atoms with Gasteiger partial charge in [-0.15, -0.1) is 0 Å². The smallest absolute Gasteiger partial charge is 0.255 e. The highest BCUT2D eigenvalue weighted by Crippen LogP contribution is 2.33. The van der Waals surface area contributed by atoms with Crippen LogP contribution in [0.25, 0.3) is 0 Å². The minimum Gasteiger partial charge on any atom is -0.486 e. The van der Waals surface area contributed by atoms with Crippen molar-refractivity contribution < 1.29 is 22.7 Å². The summed E-state index contributed by atoms with van der Waals surface area (Å²) in [4.78, 5) is 12.7. The molecule has 0 bridgehead atoms. The molecule has 0 radical (unpaired) electrons. The van der Waals surface area contributed by atoms with E-state index in [2.05, 4.69) is 5.32 Å². The number of ether oxygens (including phenoxy) is 2. The molecule has 0 fully saturated rings. The summed E-state index contributed by atoms with van der Waals surface area (Å²) in [7, 11) is -3.32. The number of carbonyl (C=O) groups is 1. The van der Waals surface area contributed by atoms with E-state index >= 15 is 0 Å². The van der Waals surface area contributed by atoms with Crippen LogP contribution in [-0.4, -0.2) is 39.8 Å². The Labute approximate surface area is 164 Å². The number of fused-ring (bicyclic) bond motifs is 2. The third-order valence-electron chi connectivity index (χ3n) is 4.92. The van der Waals surface area contributed by atoms with E-state index in [-0.39, 0.29) is 11.7 Å². The molecular formula is C20H22N2O5S. The van der Waals surface area contributed by atoms with E-state index in [0.29, 0.717) is 48.2 Å². The number of nitrogens with one attached hydrogen (secondary N) is 1. The molecule has 148 valence electrons. The first-order valence-electron chi connectivity index (χ1n) is 9.32. The molecule has 8 heteroatoms. The van der Waals surface area contributed by atoms with Crippen molar-refractivity contribution in [1.29, 1.82) is 0 Å². The lowest BCUT2D eigenvalue weighted by Crippen LogP contribution is -2.36. The molecule has 2 aliphatic rings. The third kappa shape index (κ3) is 3.52. The lowest BCUT2D eigenvalue weighted by Gasteiger charge is -2.30. The maximum Gasteiger partial charge on any atom is 0.255 e. The quantitative estimate of drug-likeness (QED) is 0.850. The second-order valence-corrected chi connectivity index (χ2v) is 8.91. The van der Waals surface area contributed by atoms with Gasteiger partial charge in [0.05, 0.1) is 11.4 Å². The van der Waals surface area contributed by atoms with Gasteiger partial charge in [0.1, 0.15) is 13.2 Å². The molecule has 2 aromatic rings. The van der Waals surface area contributed by atoms with Crippen LogP contribution in [0, 0.1) is 0 Å². The van der Waals surface area contributed by atoms with Gasteiger partial charge >= 0.3 is 0 Å². The highest BCUT2D eigenvalue weighted by Gasteiger charge is 2.26. The van der Waals surface area contributed by atoms with Crippen molar-refractivity contribution in [3.05, 3.63) is 47.5 Å². The van der Waals surface area contributed by atoms with E-state index in [9.17, 15) is 13.2 Å². The second kappa shape index (κ2) is 7.35. The number of sulfonamides is 1. The number of hydrogen-bond donors (Lipinski definition) is 1. The van der Waals surface area contributed by atoms with E-state index in [4.69, 9.17) is 9.47 Å². The Kier molecular flexibility index (Phi) is 4.89. The van der Waals surface area contributed by atoms with Crippen molar-refractivity contribution in [3.63, 3.8) is 0 Å². The number of hydrogen-bond acceptors (Lipinski definition) is 5. The van der Waals surface area contributed by atoms with Gasteiger partial charge in [0.25, 0.3) is 5.91 Å². The number of rotatable bonds is 4. The molecule has 0 saturated carbocycles. The fraction of sp³-hybridized carbons (Fsp3) is 0.350. The molecule has 0 aromatic heterocycles. The zero-order valence-electron chi connectivity index (χ0n) is 15.6. The molecule has 28 heavy (non-hydrogen) atoms. The molecule has 0 saturated heterocycles. The first kappa shape index (κ1) is 18.6. The van der Waals surface area contributed by atoms with Crippen LogP contribution in [0.5, 0.6) is 11.5 Å². The van der Waals surface area contributed by atoms with Crippen molar-refractivity contribution in [1.82, 2.24) is 0 Å². The molecule has 4 rings (SSSR count). The van der Waals surface area contributed by atoms with Gasteiger partial charge in [0, 0.05) is 23.9 Å². The number of benzene rings is 2. The zero-order chi connectivity index (χ0) is 19.7. The highest BCUT2D eigenvalue weighted by atomic mass is 32.2. The summed E-state index contributed by atoms with van der Waals surface area (Å²) in [6.45, 7) is 3.11. The van der Waals surface area contributed by atoms with Gasteiger partial charge in [0.2, 0.25) is 10.0 Å². The minimum absolute atomic E-state index is 0.0544. The van der Waals surface area contributed by atoms with Crippen LogP contribution < -0.4 is 19.1 Å². The van der Waals surface area contributed by atoms with Gasteiger partial charge in [-0.2, -0.15) is 0 Å². The van der Waals surface area contributed by atoms with Gasteiger partial charge in [-0.1, -0.05) is 0 Å². The number of nitrogens with zero attached hydrogens (tertiary/aromatic N) is 1. The topological polar surface area (TPSA) is 84.9 Å². The lowest BCUT2D eigenvalue weighted by atomic mass is 10.0. The van der Waals surface area contributed by atoms with Crippen LogP contribution >= 0.6 is 0 Å². The predicted molar refractivity (Wildman–Crippen MR) is 107 cm³/mol. The van der Waals surface area contributed by atoms with E-state index in [1.807, 2.05) is 0 Å². The molecule has 2 aliphatic heterocycles. The molecule has 0 unspecified atom stereocenters. The molecule has 2 heterocycles. The molecule has 0 atom stereocenters. The van der Waals surface area contributed by atoms with Crippen LogP contribution in [-0.2, 0) is 16.4 Å². The lowest BCUT2D eigenvalue weighted by molar-refractivity contribution is 0.102. The Morgan fingerprint density at radius 3 is 2.68 bits per heavy atom. The van der Waals surface area contributed by atoms with Crippen LogP contribution in [0.2, 0.25) is 0 Å². The van der Waals surface area contributed by atoms with Crippen LogP contribution in [0.4, 0.5) is 11.4 Å². The molecule has 1 N–H and O–H groups in total. The van der Waals surface area contributed by atoms with E-state index < -0.39 is 10.0 Å². The summed E-state index contributed by atoms with van der Waals surface area (Å²) in [5.74, 6) is 1.07. The minimum atomic E-state index is -3.32. The van der Waals surface area contributed by atoms with Crippen molar-refractivity contribution in [3.8, 4) is 11.5 Å². The van der Waals surface area contributed by atoms with Gasteiger partial charge in [-0.25, -0.2) is 8.42 Å². The van der Waals surface area contributed by atoms with Gasteiger partial charge < -0.3 is 14.8 Å². The van der Waals surface area contributed by atoms with E-state index in [1.54, 1.807) is 43.3 Å². The first-order chi connectivity index (χ1) is 13.5. The maximum atomic E-state index is 12.7. The number of carbonyl (C=O) groups excluding carboxylic acids is 1. The Morgan fingerprint density at radius 1 is 1.11 bits per heavy atom. The standard InChI is InChI=1S/C20H22N2O5S/c1-2-28(24,25)22-9-3-4-14-12-15(5-7-17(14)22)20(23)21-16-6-8-18-19(13-16)27-11-10-26-18/h5-8,12-13H,2-4,9-11H2,1H3,(H,21,23). The zero-order valence-corrected chi connectivity index (χ0v) is 16.4. The summed E-state index contributed by atoms with van der Waals surface area (Å²) in [6.07, 6.45) is 1.48. The molecule has 0 spiro atoms. The van der Waals surface area contributed by atoms with Crippen LogP contribution in [0.1, 0.15) is 29.3 Å². The Morgan fingerprint density at radius 2 is 1.89 bits per heavy atom. The summed E-state index contributed by atoms with van der Waals surface area (Å²) in [6, 6.07) is 10.4. The average Bonchev–Trinajstić information content (AvgIpc) is 2.72. The largest absolute Gasteiger partial charge is 0.486 e. The highest BCUT2D eigenvalue weighted by molar-refractivity contribution is 7.92. The summed E-state index contributed by atoms with van der Waals surface area (Å²) < 4.78 is 37.1. The van der Waals surface area contributed by atoms with E-state index in [1.165, 1.54) is 4.31 Å². The summed E-state index contributed by atoms with van der Waals surface area (Å²) in [5, 5.41) is 2.86. The third-order valence-corrected chi connectivity index (χ3v) is 6.70. The first-order valence-corrected chi connectivity index (χ1v) is 10.9. The van der Waals surface area contributed by atoms with Crippen molar-refractivity contribution in [2.24, 2.45) is 0 Å². The number of anilines is 2. The number of aryl methyl sites for hydroxylation is 1. The molecule has 2 aromatic carbocycles. The monoisotopic (exact) mass is 402 g/mol. The van der Waals surface area contributed by atoms with Gasteiger partial charge in [-0.3, -0.25) is 9.10 Å².